The first-order chi connectivity index (χ1) is 7.74. The first-order valence-electron chi connectivity index (χ1n) is 5.01. The molecule has 2 rings (SSSR count). The normalized spacial score (nSPS) is 10.1. The standard InChI is InChI=1S/C12H12ClN3/c1-9-3-2-4-10(5-9)6-14-12-15-7-11(13)8-16-12/h2-5,7-8H,6H2,1H3,(H,14,15,16). The molecule has 4 heteroatoms. The van der Waals surface area contributed by atoms with E-state index in [9.17, 15) is 0 Å². The Morgan fingerprint density at radius 2 is 2.00 bits per heavy atom. The van der Waals surface area contributed by atoms with Gasteiger partial charge in [0.05, 0.1) is 17.4 Å². The summed E-state index contributed by atoms with van der Waals surface area (Å²) in [7, 11) is 0. The second-order valence-corrected chi connectivity index (χ2v) is 4.00. The first kappa shape index (κ1) is 10.9. The molecule has 0 saturated heterocycles. The van der Waals surface area contributed by atoms with Crippen LogP contribution in [0.15, 0.2) is 36.7 Å². The summed E-state index contributed by atoms with van der Waals surface area (Å²) >= 11 is 5.70. The van der Waals surface area contributed by atoms with Gasteiger partial charge in [-0.05, 0) is 12.5 Å². The molecule has 1 heterocycles. The Morgan fingerprint density at radius 3 is 2.69 bits per heavy atom. The number of benzene rings is 1. The molecule has 0 aliphatic carbocycles. The summed E-state index contributed by atoms with van der Waals surface area (Å²) in [6.07, 6.45) is 3.15. The zero-order chi connectivity index (χ0) is 11.4. The largest absolute Gasteiger partial charge is 0.350 e. The van der Waals surface area contributed by atoms with Crippen molar-refractivity contribution >= 4 is 17.5 Å². The second kappa shape index (κ2) is 4.94. The van der Waals surface area contributed by atoms with E-state index in [0.29, 0.717) is 17.5 Å². The van der Waals surface area contributed by atoms with Gasteiger partial charge in [-0.15, -0.1) is 0 Å². The number of hydrogen-bond donors (Lipinski definition) is 1. The Kier molecular flexibility index (Phi) is 3.37. The smallest absolute Gasteiger partial charge is 0.222 e. The van der Waals surface area contributed by atoms with Crippen LogP contribution in [-0.4, -0.2) is 9.97 Å². The third-order valence-electron chi connectivity index (χ3n) is 2.15. The molecular formula is C12H12ClN3. The van der Waals surface area contributed by atoms with E-state index in [1.807, 2.05) is 6.07 Å². The summed E-state index contributed by atoms with van der Waals surface area (Å²) in [5.41, 5.74) is 2.45. The van der Waals surface area contributed by atoms with E-state index in [1.54, 1.807) is 12.4 Å². The maximum absolute atomic E-state index is 5.70. The lowest BCUT2D eigenvalue weighted by Crippen LogP contribution is -2.03. The third kappa shape index (κ3) is 2.94. The highest BCUT2D eigenvalue weighted by atomic mass is 35.5. The van der Waals surface area contributed by atoms with Crippen molar-refractivity contribution in [3.63, 3.8) is 0 Å². The Labute approximate surface area is 99.5 Å². The minimum absolute atomic E-state index is 0.543. The van der Waals surface area contributed by atoms with E-state index in [1.165, 1.54) is 11.1 Å². The van der Waals surface area contributed by atoms with Crippen molar-refractivity contribution in [2.45, 2.75) is 13.5 Å². The van der Waals surface area contributed by atoms with Gasteiger partial charge >= 0.3 is 0 Å². The molecule has 0 saturated carbocycles. The van der Waals surface area contributed by atoms with Gasteiger partial charge in [0.1, 0.15) is 0 Å². The lowest BCUT2D eigenvalue weighted by Gasteiger charge is -2.05. The molecule has 0 atom stereocenters. The molecule has 0 aliphatic rings. The SMILES string of the molecule is Cc1cccc(CNc2ncc(Cl)cn2)c1. The van der Waals surface area contributed by atoms with E-state index >= 15 is 0 Å². The maximum atomic E-state index is 5.70. The van der Waals surface area contributed by atoms with Gasteiger partial charge < -0.3 is 5.32 Å². The zero-order valence-electron chi connectivity index (χ0n) is 8.94. The minimum atomic E-state index is 0.543. The minimum Gasteiger partial charge on any atom is -0.350 e. The Hall–Kier alpha value is -1.61. The highest BCUT2D eigenvalue weighted by molar-refractivity contribution is 6.30. The van der Waals surface area contributed by atoms with Crippen LogP contribution < -0.4 is 5.32 Å². The highest BCUT2D eigenvalue weighted by Crippen LogP contribution is 2.08. The van der Waals surface area contributed by atoms with Crippen LogP contribution in [0.2, 0.25) is 5.02 Å². The monoisotopic (exact) mass is 233 g/mol. The van der Waals surface area contributed by atoms with Gasteiger partial charge in [-0.2, -0.15) is 0 Å². The molecule has 0 aliphatic heterocycles. The van der Waals surface area contributed by atoms with E-state index in [2.05, 4.69) is 40.4 Å². The molecule has 82 valence electrons. The Balaban J connectivity index is 1.99. The lowest BCUT2D eigenvalue weighted by atomic mass is 10.1. The van der Waals surface area contributed by atoms with Crippen molar-refractivity contribution < 1.29 is 0 Å². The maximum Gasteiger partial charge on any atom is 0.222 e. The number of aryl methyl sites for hydroxylation is 1. The molecule has 0 amide bonds. The van der Waals surface area contributed by atoms with Crippen molar-refractivity contribution in [1.29, 1.82) is 0 Å². The molecule has 1 N–H and O–H groups in total. The molecule has 0 fully saturated rings. The van der Waals surface area contributed by atoms with Crippen LogP contribution in [0.4, 0.5) is 5.95 Å². The predicted molar refractivity (Wildman–Crippen MR) is 65.5 cm³/mol. The van der Waals surface area contributed by atoms with Gasteiger partial charge in [-0.25, -0.2) is 9.97 Å². The van der Waals surface area contributed by atoms with Crippen LogP contribution in [0.5, 0.6) is 0 Å². The molecule has 0 radical (unpaired) electrons. The molecule has 1 aromatic carbocycles. The second-order valence-electron chi connectivity index (χ2n) is 3.57. The van der Waals surface area contributed by atoms with Gasteiger partial charge in [0, 0.05) is 6.54 Å². The van der Waals surface area contributed by atoms with Crippen LogP contribution in [0, 0.1) is 6.92 Å². The highest BCUT2D eigenvalue weighted by Gasteiger charge is 1.96. The Bertz CT molecular complexity index is 468. The van der Waals surface area contributed by atoms with Crippen LogP contribution in [-0.2, 0) is 6.54 Å². The molecule has 0 unspecified atom stereocenters. The summed E-state index contributed by atoms with van der Waals surface area (Å²) in [6, 6.07) is 8.30. The van der Waals surface area contributed by atoms with Crippen molar-refractivity contribution in [3.8, 4) is 0 Å². The number of nitrogens with one attached hydrogen (secondary N) is 1. The summed E-state index contributed by atoms with van der Waals surface area (Å²) in [5.74, 6) is 0.589. The van der Waals surface area contributed by atoms with Gasteiger partial charge in [-0.1, -0.05) is 41.4 Å². The Morgan fingerprint density at radius 1 is 1.25 bits per heavy atom. The number of hydrogen-bond acceptors (Lipinski definition) is 3. The molecule has 2 aromatic rings. The molecule has 1 aromatic heterocycles. The molecule has 0 bridgehead atoms. The van der Waals surface area contributed by atoms with Crippen molar-refractivity contribution in [1.82, 2.24) is 9.97 Å². The quantitative estimate of drug-likeness (QED) is 0.886. The van der Waals surface area contributed by atoms with Gasteiger partial charge in [0.25, 0.3) is 0 Å². The lowest BCUT2D eigenvalue weighted by molar-refractivity contribution is 1.05. The summed E-state index contributed by atoms with van der Waals surface area (Å²) in [4.78, 5) is 8.12. The summed E-state index contributed by atoms with van der Waals surface area (Å²) in [6.45, 7) is 2.78. The molecular weight excluding hydrogens is 222 g/mol. The van der Waals surface area contributed by atoms with Crippen LogP contribution in [0.3, 0.4) is 0 Å². The van der Waals surface area contributed by atoms with E-state index in [4.69, 9.17) is 11.6 Å². The number of aromatic nitrogens is 2. The molecule has 16 heavy (non-hydrogen) atoms. The van der Waals surface area contributed by atoms with Crippen molar-refractivity contribution in [3.05, 3.63) is 52.8 Å². The van der Waals surface area contributed by atoms with Gasteiger partial charge in [0.2, 0.25) is 5.95 Å². The molecule has 3 nitrogen and oxygen atoms in total. The van der Waals surface area contributed by atoms with E-state index in [-0.39, 0.29) is 0 Å². The number of nitrogens with zero attached hydrogens (tertiary/aromatic N) is 2. The fraction of sp³-hybridized carbons (Fsp3) is 0.167. The third-order valence-corrected chi connectivity index (χ3v) is 2.35. The van der Waals surface area contributed by atoms with Crippen molar-refractivity contribution in [2.75, 3.05) is 5.32 Å². The summed E-state index contributed by atoms with van der Waals surface area (Å²) in [5, 5.41) is 3.68. The van der Waals surface area contributed by atoms with Gasteiger partial charge in [0.15, 0.2) is 0 Å². The number of halogens is 1. The van der Waals surface area contributed by atoms with Gasteiger partial charge in [-0.3, -0.25) is 0 Å². The average molecular weight is 234 g/mol. The van der Waals surface area contributed by atoms with E-state index < -0.39 is 0 Å². The van der Waals surface area contributed by atoms with Crippen LogP contribution in [0.1, 0.15) is 11.1 Å². The van der Waals surface area contributed by atoms with E-state index in [0.717, 1.165) is 0 Å². The predicted octanol–water partition coefficient (Wildman–Crippen LogP) is 3.05. The first-order valence-corrected chi connectivity index (χ1v) is 5.39. The molecule has 0 spiro atoms. The van der Waals surface area contributed by atoms with Crippen molar-refractivity contribution in [2.24, 2.45) is 0 Å². The fourth-order valence-electron chi connectivity index (χ4n) is 1.41. The summed E-state index contributed by atoms with van der Waals surface area (Å²) < 4.78 is 0. The fourth-order valence-corrected chi connectivity index (χ4v) is 1.50. The average Bonchev–Trinajstić information content (AvgIpc) is 2.28. The van der Waals surface area contributed by atoms with Crippen LogP contribution in [0.25, 0.3) is 0 Å². The topological polar surface area (TPSA) is 37.8 Å². The van der Waals surface area contributed by atoms with Crippen LogP contribution >= 0.6 is 11.6 Å². The zero-order valence-corrected chi connectivity index (χ0v) is 9.70. The number of rotatable bonds is 3. The number of anilines is 1.